The van der Waals surface area contributed by atoms with E-state index in [9.17, 15) is 0 Å². The standard InChI is InChI=1S/C26H29N3O3/c1-5-21-24-22(15-23(30-3)25(21)31-4)29(17(2)28-26(24)27)19-12-9-13-20(14-19)32-16-18-10-7-6-8-11-18/h6-15,17H,5,16H2,1-4H3,(H2,27,28). The quantitative estimate of drug-likeness (QED) is 0.567. The molecule has 4 rings (SSSR count). The number of aliphatic imine (C=N–C) groups is 1. The number of ether oxygens (including phenoxy) is 3. The predicted octanol–water partition coefficient (Wildman–Crippen LogP) is 5.05. The predicted molar refractivity (Wildman–Crippen MR) is 128 cm³/mol. The number of hydrogen-bond acceptors (Lipinski definition) is 6. The van der Waals surface area contributed by atoms with Gasteiger partial charge in [-0.25, -0.2) is 4.99 Å². The van der Waals surface area contributed by atoms with Crippen LogP contribution in [0.15, 0.2) is 65.7 Å². The number of nitrogens with two attached hydrogens (primary N) is 1. The van der Waals surface area contributed by atoms with Gasteiger partial charge in [-0.05, 0) is 31.0 Å². The van der Waals surface area contributed by atoms with E-state index in [1.54, 1.807) is 14.2 Å². The Hall–Kier alpha value is -3.67. The van der Waals surface area contributed by atoms with E-state index in [2.05, 4.69) is 30.0 Å². The lowest BCUT2D eigenvalue weighted by atomic mass is 9.97. The molecule has 0 radical (unpaired) electrons. The van der Waals surface area contributed by atoms with E-state index in [1.165, 1.54) is 0 Å². The number of amidine groups is 1. The number of hydrogen-bond donors (Lipinski definition) is 1. The van der Waals surface area contributed by atoms with E-state index in [0.29, 0.717) is 23.9 Å². The van der Waals surface area contributed by atoms with Crippen molar-refractivity contribution in [2.24, 2.45) is 10.7 Å². The molecule has 3 aromatic carbocycles. The molecule has 0 spiro atoms. The van der Waals surface area contributed by atoms with Crippen LogP contribution in [0.25, 0.3) is 0 Å². The zero-order chi connectivity index (χ0) is 22.7. The third-order valence-corrected chi connectivity index (χ3v) is 5.66. The average Bonchev–Trinajstić information content (AvgIpc) is 2.82. The summed E-state index contributed by atoms with van der Waals surface area (Å²) >= 11 is 0. The van der Waals surface area contributed by atoms with Gasteiger partial charge in [-0.3, -0.25) is 0 Å². The number of nitrogens with zero attached hydrogens (tertiary/aromatic N) is 2. The molecule has 6 nitrogen and oxygen atoms in total. The Morgan fingerprint density at radius 2 is 1.78 bits per heavy atom. The minimum atomic E-state index is -0.185. The van der Waals surface area contributed by atoms with Crippen molar-refractivity contribution in [2.45, 2.75) is 33.0 Å². The van der Waals surface area contributed by atoms with Crippen molar-refractivity contribution in [3.8, 4) is 17.2 Å². The Morgan fingerprint density at radius 3 is 2.47 bits per heavy atom. The van der Waals surface area contributed by atoms with E-state index < -0.39 is 0 Å². The highest BCUT2D eigenvalue weighted by Gasteiger charge is 2.31. The maximum absolute atomic E-state index is 6.41. The molecular weight excluding hydrogens is 402 g/mol. The molecular formula is C26H29N3O3. The van der Waals surface area contributed by atoms with E-state index >= 15 is 0 Å². The van der Waals surface area contributed by atoms with Gasteiger partial charge in [0, 0.05) is 28.9 Å². The van der Waals surface area contributed by atoms with Crippen molar-refractivity contribution in [1.82, 2.24) is 0 Å². The SMILES string of the molecule is CCc1c(OC)c(OC)cc2c1C(N)=NC(C)N2c1cccc(OCc2ccccc2)c1. The third kappa shape index (κ3) is 3.96. The van der Waals surface area contributed by atoms with E-state index in [1.807, 2.05) is 49.4 Å². The summed E-state index contributed by atoms with van der Waals surface area (Å²) in [6.45, 7) is 4.60. The first-order valence-corrected chi connectivity index (χ1v) is 10.7. The first kappa shape index (κ1) is 21.6. The average molecular weight is 432 g/mol. The molecule has 0 saturated carbocycles. The summed E-state index contributed by atoms with van der Waals surface area (Å²) in [5, 5.41) is 0. The van der Waals surface area contributed by atoms with Crippen molar-refractivity contribution >= 4 is 17.2 Å². The number of benzene rings is 3. The van der Waals surface area contributed by atoms with Gasteiger partial charge >= 0.3 is 0 Å². The Morgan fingerprint density at radius 1 is 1.00 bits per heavy atom. The van der Waals surface area contributed by atoms with Gasteiger partial charge in [0.25, 0.3) is 0 Å². The highest BCUT2D eigenvalue weighted by atomic mass is 16.5. The van der Waals surface area contributed by atoms with Crippen LogP contribution in [0.3, 0.4) is 0 Å². The minimum Gasteiger partial charge on any atom is -0.493 e. The van der Waals surface area contributed by atoms with E-state index in [0.717, 1.165) is 40.2 Å². The number of fused-ring (bicyclic) bond motifs is 1. The highest BCUT2D eigenvalue weighted by molar-refractivity contribution is 6.07. The summed E-state index contributed by atoms with van der Waals surface area (Å²) in [5.74, 6) is 2.67. The summed E-state index contributed by atoms with van der Waals surface area (Å²) in [7, 11) is 3.29. The van der Waals surface area contributed by atoms with Gasteiger partial charge in [0.1, 0.15) is 24.4 Å². The Bertz CT molecular complexity index is 1130. The molecule has 1 heterocycles. The molecule has 0 aliphatic carbocycles. The molecule has 32 heavy (non-hydrogen) atoms. The second-order valence-corrected chi connectivity index (χ2v) is 7.63. The van der Waals surface area contributed by atoms with Crippen LogP contribution in [0.5, 0.6) is 17.2 Å². The maximum Gasteiger partial charge on any atom is 0.164 e. The molecule has 0 aromatic heterocycles. The number of rotatable bonds is 7. The molecule has 1 unspecified atom stereocenters. The lowest BCUT2D eigenvalue weighted by Gasteiger charge is -2.36. The molecule has 0 fully saturated rings. The first-order valence-electron chi connectivity index (χ1n) is 10.7. The summed E-state index contributed by atoms with van der Waals surface area (Å²) in [6, 6.07) is 20.1. The molecule has 1 aliphatic heterocycles. The van der Waals surface area contributed by atoms with Crippen LogP contribution in [0.4, 0.5) is 11.4 Å². The zero-order valence-electron chi connectivity index (χ0n) is 19.0. The summed E-state index contributed by atoms with van der Waals surface area (Å²) in [5.41, 5.74) is 11.3. The van der Waals surface area contributed by atoms with Crippen molar-refractivity contribution < 1.29 is 14.2 Å². The van der Waals surface area contributed by atoms with Gasteiger partial charge in [-0.1, -0.05) is 43.3 Å². The lowest BCUT2D eigenvalue weighted by Crippen LogP contribution is -2.36. The molecule has 0 bridgehead atoms. The van der Waals surface area contributed by atoms with Crippen LogP contribution in [0.2, 0.25) is 0 Å². The maximum atomic E-state index is 6.41. The van der Waals surface area contributed by atoms with Crippen molar-refractivity contribution in [1.29, 1.82) is 0 Å². The Kier molecular flexibility index (Phi) is 6.21. The summed E-state index contributed by atoms with van der Waals surface area (Å²) in [6.07, 6.45) is 0.552. The van der Waals surface area contributed by atoms with Crippen LogP contribution < -0.4 is 24.8 Å². The zero-order valence-corrected chi connectivity index (χ0v) is 19.0. The van der Waals surface area contributed by atoms with Gasteiger partial charge in [-0.15, -0.1) is 0 Å². The van der Waals surface area contributed by atoms with Crippen LogP contribution in [0, 0.1) is 0 Å². The number of methoxy groups -OCH3 is 2. The second kappa shape index (κ2) is 9.22. The summed E-state index contributed by atoms with van der Waals surface area (Å²) in [4.78, 5) is 6.88. The van der Waals surface area contributed by atoms with Gasteiger partial charge in [0.05, 0.1) is 19.9 Å². The monoisotopic (exact) mass is 431 g/mol. The fraction of sp³-hybridized carbons (Fsp3) is 0.269. The molecule has 1 atom stereocenters. The van der Waals surface area contributed by atoms with Crippen molar-refractivity contribution in [2.75, 3.05) is 19.1 Å². The van der Waals surface area contributed by atoms with Gasteiger partial charge in [-0.2, -0.15) is 0 Å². The molecule has 2 N–H and O–H groups in total. The molecule has 0 saturated heterocycles. The molecule has 3 aromatic rings. The molecule has 166 valence electrons. The Labute approximate surface area is 189 Å². The van der Waals surface area contributed by atoms with E-state index in [-0.39, 0.29) is 6.17 Å². The fourth-order valence-electron chi connectivity index (χ4n) is 4.21. The second-order valence-electron chi connectivity index (χ2n) is 7.63. The minimum absolute atomic E-state index is 0.185. The first-order chi connectivity index (χ1) is 15.6. The van der Waals surface area contributed by atoms with Crippen LogP contribution in [-0.4, -0.2) is 26.2 Å². The topological polar surface area (TPSA) is 69.3 Å². The van der Waals surface area contributed by atoms with Crippen molar-refractivity contribution in [3.05, 3.63) is 77.4 Å². The third-order valence-electron chi connectivity index (χ3n) is 5.66. The van der Waals surface area contributed by atoms with Gasteiger partial charge in [0.2, 0.25) is 0 Å². The smallest absolute Gasteiger partial charge is 0.164 e. The largest absolute Gasteiger partial charge is 0.493 e. The fourth-order valence-corrected chi connectivity index (χ4v) is 4.21. The normalized spacial score (nSPS) is 15.1. The van der Waals surface area contributed by atoms with Crippen LogP contribution >= 0.6 is 0 Å². The number of anilines is 2. The van der Waals surface area contributed by atoms with Gasteiger partial charge < -0.3 is 24.8 Å². The lowest BCUT2D eigenvalue weighted by molar-refractivity contribution is 0.306. The molecule has 1 aliphatic rings. The van der Waals surface area contributed by atoms with Gasteiger partial charge in [0.15, 0.2) is 11.5 Å². The highest BCUT2D eigenvalue weighted by Crippen LogP contribution is 2.45. The summed E-state index contributed by atoms with van der Waals surface area (Å²) < 4.78 is 17.4. The molecule has 0 amide bonds. The van der Waals surface area contributed by atoms with Crippen LogP contribution in [-0.2, 0) is 13.0 Å². The van der Waals surface area contributed by atoms with Crippen LogP contribution in [0.1, 0.15) is 30.5 Å². The molecule has 6 heteroatoms. The van der Waals surface area contributed by atoms with E-state index in [4.69, 9.17) is 24.9 Å². The Balaban J connectivity index is 1.75. The van der Waals surface area contributed by atoms with Crippen molar-refractivity contribution in [3.63, 3.8) is 0 Å².